The predicted octanol–water partition coefficient (Wildman–Crippen LogP) is 3.04. The molecule has 2 rings (SSSR count). The summed E-state index contributed by atoms with van der Waals surface area (Å²) >= 11 is 1.21. The second kappa shape index (κ2) is 5.63. The normalized spacial score (nSPS) is 10.2. The van der Waals surface area contributed by atoms with E-state index in [1.165, 1.54) is 11.7 Å². The van der Waals surface area contributed by atoms with Crippen molar-refractivity contribution in [1.82, 2.24) is 8.75 Å². The Hall–Kier alpha value is -1.62. The van der Waals surface area contributed by atoms with E-state index in [1.807, 2.05) is 31.3 Å². The quantitative estimate of drug-likeness (QED) is 0.884. The third-order valence-corrected chi connectivity index (χ3v) is 2.85. The van der Waals surface area contributed by atoms with Crippen molar-refractivity contribution in [2.45, 2.75) is 13.3 Å². The van der Waals surface area contributed by atoms with Crippen LogP contribution in [0.4, 0.5) is 5.82 Å². The molecule has 5 heteroatoms. The first-order chi connectivity index (χ1) is 8.35. The van der Waals surface area contributed by atoms with E-state index >= 15 is 0 Å². The van der Waals surface area contributed by atoms with Crippen LogP contribution in [-0.4, -0.2) is 22.4 Å². The first kappa shape index (κ1) is 11.9. The molecule has 0 bridgehead atoms. The number of aromatic nitrogens is 2. The molecule has 0 unspecified atom stereocenters. The van der Waals surface area contributed by atoms with Crippen molar-refractivity contribution in [2.75, 3.05) is 19.0 Å². The van der Waals surface area contributed by atoms with Crippen molar-refractivity contribution < 1.29 is 4.74 Å². The Balaban J connectivity index is 2.17. The van der Waals surface area contributed by atoms with Crippen LogP contribution in [0, 0.1) is 0 Å². The van der Waals surface area contributed by atoms with Gasteiger partial charge in [-0.2, -0.15) is 8.75 Å². The summed E-state index contributed by atoms with van der Waals surface area (Å²) in [5.74, 6) is 1.71. The molecule has 0 radical (unpaired) electrons. The Morgan fingerprint density at radius 2 is 2.00 bits per heavy atom. The molecule has 0 aliphatic heterocycles. The summed E-state index contributed by atoms with van der Waals surface area (Å²) in [6, 6.07) is 7.93. The molecule has 0 spiro atoms. The summed E-state index contributed by atoms with van der Waals surface area (Å²) < 4.78 is 14.0. The molecule has 1 N–H and O–H groups in total. The van der Waals surface area contributed by atoms with Crippen LogP contribution in [0.2, 0.25) is 0 Å². The summed E-state index contributed by atoms with van der Waals surface area (Å²) in [5.41, 5.74) is 1.94. The second-order valence-corrected chi connectivity index (χ2v) is 4.11. The largest absolute Gasteiger partial charge is 0.494 e. The van der Waals surface area contributed by atoms with Crippen molar-refractivity contribution in [3.8, 4) is 17.0 Å². The van der Waals surface area contributed by atoms with Crippen LogP contribution in [0.5, 0.6) is 5.75 Å². The summed E-state index contributed by atoms with van der Waals surface area (Å²) in [4.78, 5) is 0. The SMILES string of the molecule is CCCOc1ccc(-c2nsnc2NC)cc1. The maximum Gasteiger partial charge on any atom is 0.167 e. The highest BCUT2D eigenvalue weighted by atomic mass is 32.1. The van der Waals surface area contributed by atoms with Crippen LogP contribution in [0.1, 0.15) is 13.3 Å². The van der Waals surface area contributed by atoms with Crippen molar-refractivity contribution in [3.63, 3.8) is 0 Å². The van der Waals surface area contributed by atoms with Gasteiger partial charge in [-0.15, -0.1) is 0 Å². The molecule has 1 aromatic heterocycles. The van der Waals surface area contributed by atoms with Gasteiger partial charge in [0.1, 0.15) is 11.4 Å². The second-order valence-electron chi connectivity index (χ2n) is 3.58. The Labute approximate surface area is 105 Å². The molecule has 0 saturated carbocycles. The molecule has 90 valence electrons. The summed E-state index contributed by atoms with van der Waals surface area (Å²) in [5, 5.41) is 3.03. The zero-order chi connectivity index (χ0) is 12.1. The lowest BCUT2D eigenvalue weighted by molar-refractivity contribution is 0.317. The Morgan fingerprint density at radius 3 is 2.65 bits per heavy atom. The first-order valence-electron chi connectivity index (χ1n) is 5.58. The molecule has 4 nitrogen and oxygen atoms in total. The highest BCUT2D eigenvalue weighted by Crippen LogP contribution is 2.27. The first-order valence-corrected chi connectivity index (χ1v) is 6.31. The lowest BCUT2D eigenvalue weighted by Gasteiger charge is -2.05. The number of anilines is 1. The number of benzene rings is 1. The molecule has 0 saturated heterocycles. The van der Waals surface area contributed by atoms with Gasteiger partial charge in [0, 0.05) is 12.6 Å². The average Bonchev–Trinajstić information content (AvgIpc) is 2.85. The van der Waals surface area contributed by atoms with Crippen LogP contribution in [-0.2, 0) is 0 Å². The highest BCUT2D eigenvalue weighted by molar-refractivity contribution is 6.99. The van der Waals surface area contributed by atoms with E-state index in [2.05, 4.69) is 21.0 Å². The number of hydrogen-bond donors (Lipinski definition) is 1. The number of nitrogens with zero attached hydrogens (tertiary/aromatic N) is 2. The van der Waals surface area contributed by atoms with Gasteiger partial charge >= 0.3 is 0 Å². The molecule has 1 heterocycles. The molecule has 17 heavy (non-hydrogen) atoms. The van der Waals surface area contributed by atoms with Crippen LogP contribution in [0.25, 0.3) is 11.3 Å². The third kappa shape index (κ3) is 2.74. The summed E-state index contributed by atoms with van der Waals surface area (Å²) in [7, 11) is 1.85. The molecule has 0 aliphatic carbocycles. The number of hydrogen-bond acceptors (Lipinski definition) is 5. The Morgan fingerprint density at radius 1 is 1.24 bits per heavy atom. The van der Waals surface area contributed by atoms with Crippen LogP contribution in [0.3, 0.4) is 0 Å². The van der Waals surface area contributed by atoms with E-state index in [-0.39, 0.29) is 0 Å². The molecule has 0 aliphatic rings. The summed E-state index contributed by atoms with van der Waals surface area (Å²) in [6.07, 6.45) is 1.02. The van der Waals surface area contributed by atoms with E-state index in [4.69, 9.17) is 4.74 Å². The molecular weight excluding hydrogens is 234 g/mol. The fourth-order valence-corrected chi connectivity index (χ4v) is 2.04. The molecule has 0 atom stereocenters. The zero-order valence-corrected chi connectivity index (χ0v) is 10.8. The van der Waals surface area contributed by atoms with Gasteiger partial charge in [0.05, 0.1) is 18.3 Å². The van der Waals surface area contributed by atoms with Gasteiger partial charge < -0.3 is 10.1 Å². The van der Waals surface area contributed by atoms with E-state index in [9.17, 15) is 0 Å². The monoisotopic (exact) mass is 249 g/mol. The zero-order valence-electron chi connectivity index (χ0n) is 9.93. The van der Waals surface area contributed by atoms with Crippen molar-refractivity contribution in [3.05, 3.63) is 24.3 Å². The Bertz CT molecular complexity index is 467. The molecule has 0 fully saturated rings. The van der Waals surface area contributed by atoms with Crippen LogP contribution < -0.4 is 10.1 Å². The fraction of sp³-hybridized carbons (Fsp3) is 0.333. The van der Waals surface area contributed by atoms with E-state index < -0.39 is 0 Å². The lowest BCUT2D eigenvalue weighted by atomic mass is 10.1. The van der Waals surface area contributed by atoms with Crippen LogP contribution in [0.15, 0.2) is 24.3 Å². The smallest absolute Gasteiger partial charge is 0.167 e. The van der Waals surface area contributed by atoms with Crippen molar-refractivity contribution in [2.24, 2.45) is 0 Å². The third-order valence-electron chi connectivity index (χ3n) is 2.33. The van der Waals surface area contributed by atoms with Gasteiger partial charge in [0.15, 0.2) is 5.82 Å². The maximum atomic E-state index is 5.54. The summed E-state index contributed by atoms with van der Waals surface area (Å²) in [6.45, 7) is 2.84. The van der Waals surface area contributed by atoms with Crippen molar-refractivity contribution in [1.29, 1.82) is 0 Å². The van der Waals surface area contributed by atoms with Gasteiger partial charge in [0.2, 0.25) is 0 Å². The number of ether oxygens (including phenoxy) is 1. The minimum Gasteiger partial charge on any atom is -0.494 e. The van der Waals surface area contributed by atoms with Gasteiger partial charge in [-0.25, -0.2) is 0 Å². The molecule has 0 amide bonds. The van der Waals surface area contributed by atoms with E-state index in [0.29, 0.717) is 0 Å². The number of rotatable bonds is 5. The van der Waals surface area contributed by atoms with Crippen molar-refractivity contribution >= 4 is 17.5 Å². The van der Waals surface area contributed by atoms with E-state index in [0.717, 1.165) is 35.9 Å². The van der Waals surface area contributed by atoms with Gasteiger partial charge in [-0.1, -0.05) is 6.92 Å². The van der Waals surface area contributed by atoms with E-state index in [1.54, 1.807) is 0 Å². The fourth-order valence-electron chi connectivity index (χ4n) is 1.47. The van der Waals surface area contributed by atoms with Gasteiger partial charge in [0.25, 0.3) is 0 Å². The Kier molecular flexibility index (Phi) is 3.93. The molecule has 2 aromatic rings. The lowest BCUT2D eigenvalue weighted by Crippen LogP contribution is -1.95. The van der Waals surface area contributed by atoms with Gasteiger partial charge in [-0.05, 0) is 30.7 Å². The average molecular weight is 249 g/mol. The molecular formula is C12H15N3OS. The van der Waals surface area contributed by atoms with Crippen LogP contribution >= 0.6 is 11.7 Å². The standard InChI is InChI=1S/C12H15N3OS/c1-3-8-16-10-6-4-9(5-7-10)11-12(13-2)15-17-14-11/h4-7H,3,8H2,1-2H3,(H,13,15). The van der Waals surface area contributed by atoms with Gasteiger partial charge in [-0.3, -0.25) is 0 Å². The minimum absolute atomic E-state index is 0.749. The predicted molar refractivity (Wildman–Crippen MR) is 70.7 cm³/mol. The molecule has 1 aromatic carbocycles. The minimum atomic E-state index is 0.749. The number of nitrogens with one attached hydrogen (secondary N) is 1. The maximum absolute atomic E-state index is 5.54. The topological polar surface area (TPSA) is 47.0 Å². The highest BCUT2D eigenvalue weighted by Gasteiger charge is 2.08.